The first-order valence-electron chi connectivity index (χ1n) is 8.60. The zero-order valence-electron chi connectivity index (χ0n) is 14.2. The maximum Gasteiger partial charge on any atom is 0.241 e. The van der Waals surface area contributed by atoms with Crippen molar-refractivity contribution < 1.29 is 0 Å². The Bertz CT molecular complexity index is 707. The molecule has 0 saturated heterocycles. The van der Waals surface area contributed by atoms with Gasteiger partial charge < -0.3 is 0 Å². The Balaban J connectivity index is 0.000000258. The summed E-state index contributed by atoms with van der Waals surface area (Å²) in [5, 5.41) is 0. The van der Waals surface area contributed by atoms with Crippen LogP contribution in [0.3, 0.4) is 0 Å². The van der Waals surface area contributed by atoms with Crippen LogP contribution in [0.1, 0.15) is 0 Å². The molecular weight excluding hydrogens is 299 g/mol. The summed E-state index contributed by atoms with van der Waals surface area (Å²) in [4.78, 5) is 0. The van der Waals surface area contributed by atoms with Crippen LogP contribution < -0.4 is 16.4 Å². The third-order valence-electron chi connectivity index (χ3n) is 4.07. The molecule has 0 amide bonds. The van der Waals surface area contributed by atoms with Gasteiger partial charge in [0.1, 0.15) is 0 Å². The second-order valence-corrected chi connectivity index (χ2v) is 5.82. The molecular formula is C24H21B. The quantitative estimate of drug-likeness (QED) is 0.503. The number of benzene rings is 4. The lowest BCUT2D eigenvalue weighted by Crippen LogP contribution is -2.51. The Kier molecular flexibility index (Phi) is 6.24. The van der Waals surface area contributed by atoms with Crippen LogP contribution in [0.5, 0.6) is 0 Å². The minimum absolute atomic E-state index is 0.309. The molecule has 1 heteroatoms. The average Bonchev–Trinajstić information content (AvgIpc) is 2.72. The van der Waals surface area contributed by atoms with Crippen molar-refractivity contribution in [1.29, 1.82) is 0 Å². The van der Waals surface area contributed by atoms with Gasteiger partial charge in [0.05, 0.1) is 0 Å². The van der Waals surface area contributed by atoms with Crippen LogP contribution >= 0.6 is 0 Å². The SMILES string of the molecule is c1ccc(B(c2ccccc2)c2ccccc2)cc1.c1ccccc1. The Morgan fingerprint density at radius 1 is 0.280 bits per heavy atom. The van der Waals surface area contributed by atoms with E-state index in [1.165, 1.54) is 16.4 Å². The highest BCUT2D eigenvalue weighted by atomic mass is 13.9. The van der Waals surface area contributed by atoms with Gasteiger partial charge in [-0.3, -0.25) is 0 Å². The van der Waals surface area contributed by atoms with Crippen molar-refractivity contribution in [1.82, 2.24) is 0 Å². The zero-order valence-corrected chi connectivity index (χ0v) is 14.2. The maximum atomic E-state index is 2.20. The van der Waals surface area contributed by atoms with E-state index in [0.717, 1.165) is 0 Å². The van der Waals surface area contributed by atoms with Gasteiger partial charge in [-0.25, -0.2) is 0 Å². The van der Waals surface area contributed by atoms with E-state index in [4.69, 9.17) is 0 Å². The fourth-order valence-corrected chi connectivity index (χ4v) is 2.90. The summed E-state index contributed by atoms with van der Waals surface area (Å²) in [6.07, 6.45) is 0. The minimum atomic E-state index is 0.309. The molecule has 0 N–H and O–H groups in total. The number of hydrogen-bond donors (Lipinski definition) is 0. The van der Waals surface area contributed by atoms with Crippen LogP contribution in [0, 0.1) is 0 Å². The Hall–Kier alpha value is -3.06. The van der Waals surface area contributed by atoms with Crippen LogP contribution in [0.15, 0.2) is 127 Å². The van der Waals surface area contributed by atoms with Crippen molar-refractivity contribution >= 4 is 23.1 Å². The second kappa shape index (κ2) is 9.29. The van der Waals surface area contributed by atoms with E-state index in [9.17, 15) is 0 Å². The first kappa shape index (κ1) is 16.8. The van der Waals surface area contributed by atoms with Gasteiger partial charge in [0.15, 0.2) is 0 Å². The van der Waals surface area contributed by atoms with Gasteiger partial charge in [-0.1, -0.05) is 144 Å². The lowest BCUT2D eigenvalue weighted by molar-refractivity contribution is 1.71. The van der Waals surface area contributed by atoms with Crippen molar-refractivity contribution in [3.8, 4) is 0 Å². The summed E-state index contributed by atoms with van der Waals surface area (Å²) in [6, 6.07) is 44.0. The fourth-order valence-electron chi connectivity index (χ4n) is 2.90. The highest BCUT2D eigenvalue weighted by Gasteiger charge is 2.20. The Morgan fingerprint density at radius 2 is 0.480 bits per heavy atom. The summed E-state index contributed by atoms with van der Waals surface area (Å²) < 4.78 is 0. The topological polar surface area (TPSA) is 0 Å². The van der Waals surface area contributed by atoms with Gasteiger partial charge in [-0.15, -0.1) is 0 Å². The van der Waals surface area contributed by atoms with Crippen molar-refractivity contribution in [2.75, 3.05) is 0 Å². The minimum Gasteiger partial charge on any atom is -0.0687 e. The van der Waals surface area contributed by atoms with Crippen molar-refractivity contribution in [3.05, 3.63) is 127 Å². The van der Waals surface area contributed by atoms with Gasteiger partial charge in [0.25, 0.3) is 0 Å². The third-order valence-corrected chi connectivity index (χ3v) is 4.07. The summed E-state index contributed by atoms with van der Waals surface area (Å²) in [5.74, 6) is 0. The molecule has 0 aromatic heterocycles. The Labute approximate surface area is 150 Å². The summed E-state index contributed by atoms with van der Waals surface area (Å²) >= 11 is 0. The van der Waals surface area contributed by atoms with Crippen LogP contribution in [-0.4, -0.2) is 6.71 Å². The molecule has 0 atom stereocenters. The molecule has 0 aliphatic rings. The highest BCUT2D eigenvalue weighted by molar-refractivity contribution is 6.95. The molecule has 4 rings (SSSR count). The molecule has 4 aromatic rings. The van der Waals surface area contributed by atoms with E-state index in [-0.39, 0.29) is 0 Å². The van der Waals surface area contributed by atoms with Crippen LogP contribution in [-0.2, 0) is 0 Å². The van der Waals surface area contributed by atoms with E-state index in [1.54, 1.807) is 0 Å². The van der Waals surface area contributed by atoms with Crippen molar-refractivity contribution in [2.45, 2.75) is 0 Å². The van der Waals surface area contributed by atoms with E-state index in [0.29, 0.717) is 6.71 Å². The maximum absolute atomic E-state index is 2.20. The van der Waals surface area contributed by atoms with E-state index in [2.05, 4.69) is 91.0 Å². The van der Waals surface area contributed by atoms with Gasteiger partial charge in [0.2, 0.25) is 6.71 Å². The summed E-state index contributed by atoms with van der Waals surface area (Å²) in [7, 11) is 0. The normalized spacial score (nSPS) is 9.60. The van der Waals surface area contributed by atoms with Gasteiger partial charge >= 0.3 is 0 Å². The molecule has 25 heavy (non-hydrogen) atoms. The fraction of sp³-hybridized carbons (Fsp3) is 0. The third kappa shape index (κ3) is 4.96. The van der Waals surface area contributed by atoms with Gasteiger partial charge in [-0.05, 0) is 0 Å². The molecule has 0 heterocycles. The molecule has 0 spiro atoms. The smallest absolute Gasteiger partial charge is 0.0687 e. The lowest BCUT2D eigenvalue weighted by Gasteiger charge is -2.15. The predicted molar refractivity (Wildman–Crippen MR) is 110 cm³/mol. The van der Waals surface area contributed by atoms with Crippen LogP contribution in [0.2, 0.25) is 0 Å². The zero-order chi connectivity index (χ0) is 17.2. The molecule has 0 bridgehead atoms. The monoisotopic (exact) mass is 320 g/mol. The number of rotatable bonds is 3. The van der Waals surface area contributed by atoms with Crippen LogP contribution in [0.25, 0.3) is 0 Å². The molecule has 0 unspecified atom stereocenters. The lowest BCUT2D eigenvalue weighted by atomic mass is 9.37. The van der Waals surface area contributed by atoms with E-state index in [1.807, 2.05) is 36.4 Å². The Morgan fingerprint density at radius 3 is 0.720 bits per heavy atom. The molecule has 0 saturated carbocycles. The van der Waals surface area contributed by atoms with Crippen LogP contribution in [0.4, 0.5) is 0 Å². The largest absolute Gasteiger partial charge is 0.241 e. The molecule has 0 aliphatic heterocycles. The molecule has 4 aromatic carbocycles. The molecule has 0 fully saturated rings. The molecule has 0 radical (unpaired) electrons. The van der Waals surface area contributed by atoms with Crippen molar-refractivity contribution in [2.24, 2.45) is 0 Å². The highest BCUT2D eigenvalue weighted by Crippen LogP contribution is 1.95. The predicted octanol–water partition coefficient (Wildman–Crippen LogP) is 3.89. The van der Waals surface area contributed by atoms with E-state index >= 15 is 0 Å². The van der Waals surface area contributed by atoms with E-state index < -0.39 is 0 Å². The molecule has 0 aliphatic carbocycles. The number of hydrogen-bond acceptors (Lipinski definition) is 0. The first-order chi connectivity index (χ1) is 12.4. The van der Waals surface area contributed by atoms with Gasteiger partial charge in [-0.2, -0.15) is 0 Å². The summed E-state index contributed by atoms with van der Waals surface area (Å²) in [6.45, 7) is 0.309. The second-order valence-electron chi connectivity index (χ2n) is 5.82. The van der Waals surface area contributed by atoms with Gasteiger partial charge in [0, 0.05) is 0 Å². The summed E-state index contributed by atoms with van der Waals surface area (Å²) in [5.41, 5.74) is 4.00. The first-order valence-corrected chi connectivity index (χ1v) is 8.60. The molecule has 120 valence electrons. The van der Waals surface area contributed by atoms with Crippen molar-refractivity contribution in [3.63, 3.8) is 0 Å². The molecule has 0 nitrogen and oxygen atoms in total. The standard InChI is InChI=1S/C18H15B.C6H6/c1-4-10-16(11-5-1)19(17-12-6-2-7-13-17)18-14-8-3-9-15-18;1-2-4-6-5-3-1/h1-15H;1-6H. The average molecular weight is 320 g/mol.